The molecule has 5 N–H and O–H groups in total. The van der Waals surface area contributed by atoms with Gasteiger partial charge in [-0.3, -0.25) is 4.79 Å². The Hall–Kier alpha value is -0.950. The zero-order valence-corrected chi connectivity index (χ0v) is 29.2. The standard InChI is InChI=1S/C38H75NO5/c1-3-5-7-9-11-13-15-16-17-18-19-20-22-23-25-27-29-31-35(41)37(43)34(33-40)39-38(44)36(42)32-30-28-26-24-21-14-12-10-8-6-4-2/h12,14,34-37,40-43H,3-11,13,15-33H2,1-2H3,(H,39,44)/b14-12-. The fourth-order valence-corrected chi connectivity index (χ4v) is 5.87. The molecule has 0 aliphatic carbocycles. The molecule has 262 valence electrons. The van der Waals surface area contributed by atoms with E-state index in [-0.39, 0.29) is 0 Å². The summed E-state index contributed by atoms with van der Waals surface area (Å²) >= 11 is 0. The van der Waals surface area contributed by atoms with Crippen molar-refractivity contribution in [2.75, 3.05) is 6.61 Å². The first-order chi connectivity index (χ1) is 21.5. The lowest BCUT2D eigenvalue weighted by Gasteiger charge is -2.27. The molecule has 0 rings (SSSR count). The molecule has 4 atom stereocenters. The molecule has 6 heteroatoms. The van der Waals surface area contributed by atoms with Crippen LogP contribution in [0, 0.1) is 0 Å². The Morgan fingerprint density at radius 3 is 1.36 bits per heavy atom. The maximum Gasteiger partial charge on any atom is 0.249 e. The van der Waals surface area contributed by atoms with Gasteiger partial charge in [0.2, 0.25) is 5.91 Å². The van der Waals surface area contributed by atoms with Gasteiger partial charge in [0, 0.05) is 0 Å². The first-order valence-corrected chi connectivity index (χ1v) is 19.1. The minimum absolute atomic E-state index is 0.356. The highest BCUT2D eigenvalue weighted by molar-refractivity contribution is 5.80. The molecule has 0 aliphatic rings. The topological polar surface area (TPSA) is 110 Å². The summed E-state index contributed by atoms with van der Waals surface area (Å²) in [5, 5.41) is 43.4. The number of nitrogens with one attached hydrogen (secondary N) is 1. The van der Waals surface area contributed by atoms with Crippen molar-refractivity contribution < 1.29 is 25.2 Å². The quantitative estimate of drug-likeness (QED) is 0.0362. The van der Waals surface area contributed by atoms with Gasteiger partial charge < -0.3 is 25.7 Å². The predicted octanol–water partition coefficient (Wildman–Crippen LogP) is 9.07. The van der Waals surface area contributed by atoms with Gasteiger partial charge in [0.25, 0.3) is 0 Å². The van der Waals surface area contributed by atoms with Gasteiger partial charge in [0.15, 0.2) is 0 Å². The molecule has 0 spiro atoms. The number of carbonyl (C=O) groups is 1. The highest BCUT2D eigenvalue weighted by atomic mass is 16.3. The molecular weight excluding hydrogens is 550 g/mol. The van der Waals surface area contributed by atoms with Crippen LogP contribution in [0.25, 0.3) is 0 Å². The summed E-state index contributed by atoms with van der Waals surface area (Å²) in [4.78, 5) is 12.4. The minimum atomic E-state index is -1.26. The lowest BCUT2D eigenvalue weighted by Crippen LogP contribution is -2.53. The van der Waals surface area contributed by atoms with Crippen LogP contribution >= 0.6 is 0 Å². The highest BCUT2D eigenvalue weighted by Crippen LogP contribution is 2.16. The van der Waals surface area contributed by atoms with Crippen LogP contribution < -0.4 is 5.32 Å². The van der Waals surface area contributed by atoms with E-state index < -0.39 is 36.9 Å². The first-order valence-electron chi connectivity index (χ1n) is 19.1. The van der Waals surface area contributed by atoms with E-state index in [0.29, 0.717) is 12.8 Å². The largest absolute Gasteiger partial charge is 0.394 e. The maximum absolute atomic E-state index is 12.4. The third-order valence-corrected chi connectivity index (χ3v) is 8.98. The molecule has 0 saturated carbocycles. The lowest BCUT2D eigenvalue weighted by molar-refractivity contribution is -0.132. The van der Waals surface area contributed by atoms with Crippen molar-refractivity contribution in [3.05, 3.63) is 12.2 Å². The Morgan fingerprint density at radius 2 is 0.909 bits per heavy atom. The Kier molecular flexibility index (Phi) is 32.7. The Labute approximate surface area is 272 Å². The second-order valence-electron chi connectivity index (χ2n) is 13.3. The van der Waals surface area contributed by atoms with Crippen molar-refractivity contribution in [3.63, 3.8) is 0 Å². The smallest absolute Gasteiger partial charge is 0.249 e. The molecule has 0 fully saturated rings. The predicted molar refractivity (Wildman–Crippen MR) is 187 cm³/mol. The zero-order valence-electron chi connectivity index (χ0n) is 29.2. The molecule has 0 aromatic carbocycles. The molecule has 0 aliphatic heterocycles. The minimum Gasteiger partial charge on any atom is -0.394 e. The van der Waals surface area contributed by atoms with Gasteiger partial charge in [0.05, 0.1) is 18.8 Å². The Bertz CT molecular complexity index is 628. The van der Waals surface area contributed by atoms with Crippen LogP contribution in [0.1, 0.15) is 194 Å². The van der Waals surface area contributed by atoms with E-state index in [4.69, 9.17) is 0 Å². The maximum atomic E-state index is 12.4. The molecule has 0 saturated heterocycles. The second kappa shape index (κ2) is 33.4. The number of hydrogen-bond donors (Lipinski definition) is 5. The van der Waals surface area contributed by atoms with Crippen LogP contribution in [0.4, 0.5) is 0 Å². The van der Waals surface area contributed by atoms with Crippen molar-refractivity contribution in [1.29, 1.82) is 0 Å². The molecule has 0 radical (unpaired) electrons. The van der Waals surface area contributed by atoms with Crippen molar-refractivity contribution >= 4 is 5.91 Å². The lowest BCUT2D eigenvalue weighted by atomic mass is 9.99. The Morgan fingerprint density at radius 1 is 0.545 bits per heavy atom. The third kappa shape index (κ3) is 27.4. The summed E-state index contributed by atoms with van der Waals surface area (Å²) in [6, 6.07) is -0.984. The summed E-state index contributed by atoms with van der Waals surface area (Å²) in [6.07, 6.45) is 33.8. The first kappa shape index (κ1) is 43.0. The number of allylic oxidation sites excluding steroid dienone is 2. The van der Waals surface area contributed by atoms with Crippen LogP contribution in [0.3, 0.4) is 0 Å². The van der Waals surface area contributed by atoms with Gasteiger partial charge in [-0.1, -0.05) is 167 Å². The SMILES string of the molecule is CCCCC/C=C\CCCCCCC(O)C(=O)NC(CO)C(O)C(O)CCCCCCCCCCCCCCCCCCC. The molecule has 0 aromatic rings. The van der Waals surface area contributed by atoms with E-state index >= 15 is 0 Å². The summed E-state index contributed by atoms with van der Waals surface area (Å²) in [7, 11) is 0. The summed E-state index contributed by atoms with van der Waals surface area (Å²) in [5.74, 6) is -0.594. The van der Waals surface area contributed by atoms with Crippen LogP contribution in [0.5, 0.6) is 0 Å². The van der Waals surface area contributed by atoms with Gasteiger partial charge in [-0.15, -0.1) is 0 Å². The van der Waals surface area contributed by atoms with Crippen molar-refractivity contribution in [2.45, 2.75) is 218 Å². The van der Waals surface area contributed by atoms with Crippen LogP contribution in [-0.4, -0.2) is 57.3 Å². The molecular formula is C38H75NO5. The molecule has 44 heavy (non-hydrogen) atoms. The zero-order chi connectivity index (χ0) is 32.5. The molecule has 6 nitrogen and oxygen atoms in total. The van der Waals surface area contributed by atoms with Gasteiger partial charge in [-0.05, 0) is 38.5 Å². The number of unbranched alkanes of at least 4 members (excludes halogenated alkanes) is 23. The Balaban J connectivity index is 3.78. The van der Waals surface area contributed by atoms with E-state index in [9.17, 15) is 25.2 Å². The van der Waals surface area contributed by atoms with E-state index in [1.165, 1.54) is 109 Å². The monoisotopic (exact) mass is 626 g/mol. The van der Waals surface area contributed by atoms with Crippen LogP contribution in [-0.2, 0) is 4.79 Å². The fourth-order valence-electron chi connectivity index (χ4n) is 5.87. The van der Waals surface area contributed by atoms with Crippen molar-refractivity contribution in [3.8, 4) is 0 Å². The van der Waals surface area contributed by atoms with E-state index in [2.05, 4.69) is 31.3 Å². The van der Waals surface area contributed by atoms with E-state index in [0.717, 1.165) is 57.8 Å². The summed E-state index contributed by atoms with van der Waals surface area (Å²) < 4.78 is 0. The highest BCUT2D eigenvalue weighted by Gasteiger charge is 2.28. The molecule has 4 unspecified atom stereocenters. The van der Waals surface area contributed by atoms with Crippen LogP contribution in [0.15, 0.2) is 12.2 Å². The second-order valence-corrected chi connectivity index (χ2v) is 13.3. The van der Waals surface area contributed by atoms with Gasteiger partial charge in [-0.25, -0.2) is 0 Å². The van der Waals surface area contributed by atoms with Gasteiger partial charge >= 0.3 is 0 Å². The van der Waals surface area contributed by atoms with E-state index in [1.54, 1.807) is 0 Å². The van der Waals surface area contributed by atoms with E-state index in [1.807, 2.05) is 0 Å². The van der Waals surface area contributed by atoms with Crippen molar-refractivity contribution in [2.24, 2.45) is 0 Å². The third-order valence-electron chi connectivity index (χ3n) is 8.98. The average Bonchev–Trinajstić information content (AvgIpc) is 3.03. The van der Waals surface area contributed by atoms with Crippen LogP contribution in [0.2, 0.25) is 0 Å². The molecule has 1 amide bonds. The van der Waals surface area contributed by atoms with Crippen molar-refractivity contribution in [1.82, 2.24) is 5.32 Å². The number of aliphatic hydroxyl groups excluding tert-OH is 4. The normalized spacial score (nSPS) is 14.6. The number of aliphatic hydroxyl groups is 4. The number of amides is 1. The van der Waals surface area contributed by atoms with Gasteiger partial charge in [-0.2, -0.15) is 0 Å². The number of carbonyl (C=O) groups excluding carboxylic acids is 1. The average molecular weight is 626 g/mol. The number of rotatable bonds is 34. The number of hydrogen-bond acceptors (Lipinski definition) is 5. The molecule has 0 aromatic heterocycles. The summed E-state index contributed by atoms with van der Waals surface area (Å²) in [6.45, 7) is 4.00. The molecule has 0 bridgehead atoms. The fraction of sp³-hybridized carbons (Fsp3) is 0.921. The van der Waals surface area contributed by atoms with Gasteiger partial charge in [0.1, 0.15) is 12.2 Å². The molecule has 0 heterocycles. The summed E-state index contributed by atoms with van der Waals surface area (Å²) in [5.41, 5.74) is 0.